The van der Waals surface area contributed by atoms with Crippen LogP contribution in [0.1, 0.15) is 31.0 Å². The number of allylic oxidation sites excluding steroid dienone is 1. The number of rotatable bonds is 5. The van der Waals surface area contributed by atoms with E-state index < -0.39 is 0 Å². The Morgan fingerprint density at radius 3 is 2.64 bits per heavy atom. The summed E-state index contributed by atoms with van der Waals surface area (Å²) >= 11 is 0. The van der Waals surface area contributed by atoms with Gasteiger partial charge in [0.1, 0.15) is 5.75 Å². The fraction of sp³-hybridized carbons (Fsp3) is 0.185. The number of aryl methyl sites for hydroxylation is 1. The van der Waals surface area contributed by atoms with Gasteiger partial charge in [0.15, 0.2) is 0 Å². The van der Waals surface area contributed by atoms with Crippen molar-refractivity contribution in [3.05, 3.63) is 95.2 Å². The minimum Gasteiger partial charge on any atom is -0.497 e. The number of aromatic nitrogens is 2. The van der Waals surface area contributed by atoms with Gasteiger partial charge in [0.2, 0.25) is 5.95 Å². The topological polar surface area (TPSA) is 68.2 Å². The number of nitrogens with one attached hydrogen (secondary N) is 2. The molecule has 0 unspecified atom stereocenters. The average Bonchev–Trinajstić information content (AvgIpc) is 3.21. The summed E-state index contributed by atoms with van der Waals surface area (Å²) in [4.78, 5) is 18.4. The lowest BCUT2D eigenvalue weighted by atomic mass is 9.94. The minimum atomic E-state index is -0.362. The molecule has 1 amide bonds. The smallest absolute Gasteiger partial charge is 0.255 e. The molecule has 1 aliphatic heterocycles. The van der Waals surface area contributed by atoms with Gasteiger partial charge in [-0.15, -0.1) is 0 Å². The van der Waals surface area contributed by atoms with Gasteiger partial charge in [-0.05, 0) is 60.9 Å². The first-order valence-electron chi connectivity index (χ1n) is 11.1. The minimum absolute atomic E-state index is 0.152. The van der Waals surface area contributed by atoms with E-state index in [1.807, 2.05) is 79.7 Å². The second-order valence-electron chi connectivity index (χ2n) is 8.14. The number of carbonyl (C=O) groups excluding carboxylic acids is 1. The number of imidazole rings is 1. The summed E-state index contributed by atoms with van der Waals surface area (Å²) in [6.07, 6.45) is 0.955. The molecule has 0 saturated carbocycles. The van der Waals surface area contributed by atoms with E-state index in [9.17, 15) is 4.79 Å². The second kappa shape index (κ2) is 8.47. The maximum Gasteiger partial charge on any atom is 0.255 e. The molecule has 4 aromatic rings. The first kappa shape index (κ1) is 20.8. The number of anilines is 2. The van der Waals surface area contributed by atoms with Crippen LogP contribution in [0, 0.1) is 0 Å². The van der Waals surface area contributed by atoms with Gasteiger partial charge >= 0.3 is 0 Å². The van der Waals surface area contributed by atoms with Gasteiger partial charge in [0, 0.05) is 11.4 Å². The van der Waals surface area contributed by atoms with Crippen LogP contribution >= 0.6 is 0 Å². The summed E-state index contributed by atoms with van der Waals surface area (Å²) in [6.45, 7) is 4.03. The standard InChI is InChI=1S/C27H26N4O2/c1-4-18-12-14-20(15-13-18)29-26(32)24-17(2)28-27-30-22-10-5-6-11-23(22)31(27)25(24)19-8-7-9-21(16-19)33-3/h5-16,25H,4H2,1-3H3,(H,28,30)(H,29,32)/t25-/m1/s1. The quantitative estimate of drug-likeness (QED) is 0.430. The number of fused-ring (bicyclic) bond motifs is 3. The first-order chi connectivity index (χ1) is 16.1. The predicted octanol–water partition coefficient (Wildman–Crippen LogP) is 5.53. The van der Waals surface area contributed by atoms with Crippen molar-refractivity contribution < 1.29 is 9.53 Å². The fourth-order valence-electron chi connectivity index (χ4n) is 4.41. The highest BCUT2D eigenvalue weighted by Gasteiger charge is 2.34. The van der Waals surface area contributed by atoms with Crippen molar-refractivity contribution >= 4 is 28.6 Å². The normalized spacial score (nSPS) is 15.2. The lowest BCUT2D eigenvalue weighted by molar-refractivity contribution is -0.113. The van der Waals surface area contributed by atoms with E-state index in [2.05, 4.69) is 22.1 Å². The predicted molar refractivity (Wildman–Crippen MR) is 132 cm³/mol. The van der Waals surface area contributed by atoms with Gasteiger partial charge in [-0.2, -0.15) is 0 Å². The van der Waals surface area contributed by atoms with Crippen LogP contribution in [0.4, 0.5) is 11.6 Å². The molecule has 0 aliphatic carbocycles. The molecule has 1 aromatic heterocycles. The van der Waals surface area contributed by atoms with Crippen molar-refractivity contribution in [1.29, 1.82) is 0 Å². The third-order valence-electron chi connectivity index (χ3n) is 6.10. The largest absolute Gasteiger partial charge is 0.497 e. The number of benzene rings is 3. The average molecular weight is 439 g/mol. The van der Waals surface area contributed by atoms with E-state index >= 15 is 0 Å². The van der Waals surface area contributed by atoms with Gasteiger partial charge in [-0.1, -0.05) is 43.3 Å². The van der Waals surface area contributed by atoms with Crippen LogP contribution in [0.3, 0.4) is 0 Å². The third-order valence-corrected chi connectivity index (χ3v) is 6.10. The molecule has 2 N–H and O–H groups in total. The van der Waals surface area contributed by atoms with Gasteiger partial charge in [-0.25, -0.2) is 4.98 Å². The summed E-state index contributed by atoms with van der Waals surface area (Å²) in [6, 6.07) is 23.4. The van der Waals surface area contributed by atoms with E-state index in [4.69, 9.17) is 9.72 Å². The van der Waals surface area contributed by atoms with Crippen LogP contribution in [0.15, 0.2) is 84.1 Å². The van der Waals surface area contributed by atoms with Crippen LogP contribution < -0.4 is 15.4 Å². The van der Waals surface area contributed by atoms with Crippen LogP contribution in [-0.2, 0) is 11.2 Å². The number of amides is 1. The Labute approximate surface area is 192 Å². The van der Waals surface area contributed by atoms with Crippen LogP contribution in [0.25, 0.3) is 11.0 Å². The van der Waals surface area contributed by atoms with Gasteiger partial charge in [-0.3, -0.25) is 9.36 Å². The van der Waals surface area contributed by atoms with Crippen LogP contribution in [-0.4, -0.2) is 22.6 Å². The molecule has 0 fully saturated rings. The zero-order chi connectivity index (χ0) is 22.9. The zero-order valence-corrected chi connectivity index (χ0v) is 18.9. The van der Waals surface area contributed by atoms with Crippen LogP contribution in [0.2, 0.25) is 0 Å². The Bertz CT molecular complexity index is 1370. The SMILES string of the molecule is CCc1ccc(NC(=O)C2=C(C)Nc3nc4ccccc4n3[C@@H]2c2cccc(OC)c2)cc1. The van der Waals surface area contributed by atoms with E-state index in [0.29, 0.717) is 11.5 Å². The number of ether oxygens (including phenoxy) is 1. The lowest BCUT2D eigenvalue weighted by Gasteiger charge is -2.31. The van der Waals surface area contributed by atoms with Crippen molar-refractivity contribution in [3.63, 3.8) is 0 Å². The van der Waals surface area contributed by atoms with Crippen molar-refractivity contribution in [1.82, 2.24) is 9.55 Å². The van der Waals surface area contributed by atoms with Gasteiger partial charge in [0.25, 0.3) is 5.91 Å². The maximum absolute atomic E-state index is 13.7. The number of methoxy groups -OCH3 is 1. The Morgan fingerprint density at radius 2 is 1.88 bits per heavy atom. The van der Waals surface area contributed by atoms with Crippen molar-refractivity contribution in [3.8, 4) is 5.75 Å². The van der Waals surface area contributed by atoms with Crippen molar-refractivity contribution in [2.75, 3.05) is 17.7 Å². The maximum atomic E-state index is 13.7. The highest BCUT2D eigenvalue weighted by Crippen LogP contribution is 2.40. The molecule has 33 heavy (non-hydrogen) atoms. The highest BCUT2D eigenvalue weighted by molar-refractivity contribution is 6.06. The molecule has 5 rings (SSSR count). The van der Waals surface area contributed by atoms with Crippen molar-refractivity contribution in [2.24, 2.45) is 0 Å². The Hall–Kier alpha value is -4.06. The molecule has 1 aliphatic rings. The molecule has 0 saturated heterocycles. The summed E-state index contributed by atoms with van der Waals surface area (Å²) in [5.41, 5.74) is 6.18. The molecular formula is C27H26N4O2. The lowest BCUT2D eigenvalue weighted by Crippen LogP contribution is -2.30. The number of para-hydroxylation sites is 2. The van der Waals surface area contributed by atoms with E-state index in [0.717, 1.165) is 40.2 Å². The Morgan fingerprint density at radius 1 is 1.09 bits per heavy atom. The number of carbonyl (C=O) groups is 1. The molecule has 6 heteroatoms. The molecule has 0 bridgehead atoms. The molecule has 0 spiro atoms. The molecule has 3 aromatic carbocycles. The highest BCUT2D eigenvalue weighted by atomic mass is 16.5. The van der Waals surface area contributed by atoms with Gasteiger partial charge < -0.3 is 15.4 Å². The molecule has 2 heterocycles. The summed E-state index contributed by atoms with van der Waals surface area (Å²) < 4.78 is 7.57. The summed E-state index contributed by atoms with van der Waals surface area (Å²) in [5, 5.41) is 6.44. The van der Waals surface area contributed by atoms with Crippen molar-refractivity contribution in [2.45, 2.75) is 26.3 Å². The molecule has 166 valence electrons. The number of hydrogen-bond acceptors (Lipinski definition) is 4. The monoisotopic (exact) mass is 438 g/mol. The molecule has 6 nitrogen and oxygen atoms in total. The summed E-state index contributed by atoms with van der Waals surface area (Å²) in [5.74, 6) is 1.30. The fourth-order valence-corrected chi connectivity index (χ4v) is 4.41. The van der Waals surface area contributed by atoms with E-state index in [1.54, 1.807) is 7.11 Å². The third kappa shape index (κ3) is 3.74. The zero-order valence-electron chi connectivity index (χ0n) is 18.9. The molecular weight excluding hydrogens is 412 g/mol. The Balaban J connectivity index is 1.63. The molecule has 1 atom stereocenters. The number of nitrogens with zero attached hydrogens (tertiary/aromatic N) is 2. The van der Waals surface area contributed by atoms with E-state index in [1.165, 1.54) is 5.56 Å². The van der Waals surface area contributed by atoms with Gasteiger partial charge in [0.05, 0.1) is 29.8 Å². The summed E-state index contributed by atoms with van der Waals surface area (Å²) in [7, 11) is 1.65. The molecule has 0 radical (unpaired) electrons. The van der Waals surface area contributed by atoms with Crippen LogP contribution in [0.5, 0.6) is 5.75 Å². The second-order valence-corrected chi connectivity index (χ2v) is 8.14. The number of hydrogen-bond donors (Lipinski definition) is 2. The Kier molecular flexibility index (Phi) is 5.34. The van der Waals surface area contributed by atoms with E-state index in [-0.39, 0.29) is 11.9 Å². The first-order valence-corrected chi connectivity index (χ1v) is 11.1.